The second-order valence-corrected chi connectivity index (χ2v) is 6.66. The third-order valence-electron chi connectivity index (χ3n) is 4.33. The maximum atomic E-state index is 11.2. The number of hydrogen-bond donors (Lipinski definition) is 2. The molecule has 17 nitrogen and oxygen atoms in total. The molecule has 0 bridgehead atoms. The second-order valence-electron chi connectivity index (χ2n) is 6.66. The molecule has 0 radical (unpaired) electrons. The number of hydrogen-bond acceptors (Lipinski definition) is 13. The molecule has 17 heteroatoms. The molecular weight excluding hydrogens is 482 g/mol. The van der Waals surface area contributed by atoms with Gasteiger partial charge in [0.2, 0.25) is 0 Å². The molecule has 1 heterocycles. The van der Waals surface area contributed by atoms with E-state index in [-0.39, 0.29) is 11.4 Å². The van der Waals surface area contributed by atoms with Gasteiger partial charge in [0, 0.05) is 12.1 Å². The van der Waals surface area contributed by atoms with Crippen molar-refractivity contribution < 1.29 is 19.7 Å². The SMILES string of the molecule is O=[N+]([O-])c1ccc(NN=Cc2cccc(C=NNc3ccc([N+](=O)[O-])cc3[N+](=O)[O-])n2)c([N+](=O)[O-])c1. The number of nitrogens with one attached hydrogen (secondary N) is 2. The van der Waals surface area contributed by atoms with Crippen LogP contribution in [0.15, 0.2) is 64.8 Å². The summed E-state index contributed by atoms with van der Waals surface area (Å²) in [5.74, 6) is 0. The molecule has 0 saturated heterocycles. The lowest BCUT2D eigenvalue weighted by atomic mass is 10.2. The Morgan fingerprint density at radius 1 is 0.639 bits per heavy atom. The Labute approximate surface area is 199 Å². The molecule has 2 N–H and O–H groups in total. The molecule has 1 aromatic heterocycles. The molecule has 3 aromatic rings. The zero-order valence-corrected chi connectivity index (χ0v) is 17.7. The van der Waals surface area contributed by atoms with Crippen LogP contribution in [0.2, 0.25) is 0 Å². The van der Waals surface area contributed by atoms with Crippen molar-refractivity contribution in [3.05, 3.63) is 106 Å². The third-order valence-corrected chi connectivity index (χ3v) is 4.33. The molecule has 0 saturated carbocycles. The second kappa shape index (κ2) is 10.8. The lowest BCUT2D eigenvalue weighted by molar-refractivity contribution is -0.393. The molecule has 0 aliphatic carbocycles. The van der Waals surface area contributed by atoms with Crippen LogP contribution in [0.3, 0.4) is 0 Å². The largest absolute Gasteiger partial charge is 0.301 e. The quantitative estimate of drug-likeness (QED) is 0.234. The normalized spacial score (nSPS) is 10.9. The van der Waals surface area contributed by atoms with E-state index in [1.54, 1.807) is 18.2 Å². The first kappa shape index (κ1) is 24.8. The fraction of sp³-hybridized carbons (Fsp3) is 0. The molecule has 0 aliphatic rings. The highest BCUT2D eigenvalue weighted by Gasteiger charge is 2.20. The smallest absolute Gasteiger partial charge is 0.272 e. The van der Waals surface area contributed by atoms with Gasteiger partial charge in [-0.3, -0.25) is 51.3 Å². The van der Waals surface area contributed by atoms with Crippen LogP contribution in [0, 0.1) is 40.5 Å². The highest BCUT2D eigenvalue weighted by atomic mass is 16.6. The topological polar surface area (TPSA) is 234 Å². The Balaban J connectivity index is 1.71. The molecule has 0 spiro atoms. The monoisotopic (exact) mass is 495 g/mol. The summed E-state index contributed by atoms with van der Waals surface area (Å²) in [6.45, 7) is 0. The predicted molar refractivity (Wildman–Crippen MR) is 126 cm³/mol. The van der Waals surface area contributed by atoms with Gasteiger partial charge in [-0.25, -0.2) is 4.98 Å². The van der Waals surface area contributed by atoms with E-state index >= 15 is 0 Å². The van der Waals surface area contributed by atoms with Gasteiger partial charge in [-0.1, -0.05) is 6.07 Å². The number of nitrogens with zero attached hydrogens (tertiary/aromatic N) is 7. The maximum Gasteiger partial charge on any atom is 0.301 e. The van der Waals surface area contributed by atoms with Crippen molar-refractivity contribution >= 4 is 46.6 Å². The minimum atomic E-state index is -0.789. The Morgan fingerprint density at radius 2 is 1.06 bits per heavy atom. The predicted octanol–water partition coefficient (Wildman–Crippen LogP) is 3.61. The van der Waals surface area contributed by atoms with Crippen molar-refractivity contribution in [2.24, 2.45) is 10.2 Å². The van der Waals surface area contributed by atoms with Gasteiger partial charge in [-0.2, -0.15) is 10.2 Å². The minimum Gasteiger partial charge on any atom is -0.272 e. The Kier molecular flexibility index (Phi) is 7.45. The summed E-state index contributed by atoms with van der Waals surface area (Å²) in [5.41, 5.74) is 3.34. The van der Waals surface area contributed by atoms with E-state index in [0.717, 1.165) is 36.4 Å². The number of hydrazone groups is 2. The van der Waals surface area contributed by atoms with Crippen LogP contribution in [0.25, 0.3) is 0 Å². The molecule has 0 aliphatic heterocycles. The number of rotatable bonds is 10. The van der Waals surface area contributed by atoms with Gasteiger partial charge in [-0.15, -0.1) is 0 Å². The van der Waals surface area contributed by atoms with Crippen LogP contribution >= 0.6 is 0 Å². The van der Waals surface area contributed by atoms with Gasteiger partial charge >= 0.3 is 11.4 Å². The van der Waals surface area contributed by atoms with Crippen LogP contribution in [-0.2, 0) is 0 Å². The first-order chi connectivity index (χ1) is 17.2. The summed E-state index contributed by atoms with van der Waals surface area (Å²) in [5, 5.41) is 51.7. The van der Waals surface area contributed by atoms with Crippen molar-refractivity contribution in [1.82, 2.24) is 4.98 Å². The van der Waals surface area contributed by atoms with Crippen molar-refractivity contribution in [2.45, 2.75) is 0 Å². The summed E-state index contributed by atoms with van der Waals surface area (Å²) in [7, 11) is 0. The lowest BCUT2D eigenvalue weighted by Gasteiger charge is -2.02. The van der Waals surface area contributed by atoms with E-state index in [2.05, 4.69) is 26.0 Å². The molecule has 2 aromatic carbocycles. The number of nitro groups is 4. The van der Waals surface area contributed by atoms with Gasteiger partial charge in [0.05, 0.1) is 55.6 Å². The Bertz CT molecular complexity index is 1320. The van der Waals surface area contributed by atoms with Gasteiger partial charge in [0.1, 0.15) is 11.4 Å². The van der Waals surface area contributed by atoms with Crippen molar-refractivity contribution in [1.29, 1.82) is 0 Å². The number of pyridine rings is 1. The highest BCUT2D eigenvalue weighted by molar-refractivity contribution is 5.83. The summed E-state index contributed by atoms with van der Waals surface area (Å²) in [4.78, 5) is 45.1. The van der Waals surface area contributed by atoms with Crippen molar-refractivity contribution in [3.63, 3.8) is 0 Å². The first-order valence-electron chi connectivity index (χ1n) is 9.56. The van der Waals surface area contributed by atoms with E-state index in [0.29, 0.717) is 11.4 Å². The summed E-state index contributed by atoms with van der Waals surface area (Å²) in [6.07, 6.45) is 2.47. The minimum absolute atomic E-state index is 0.0755. The van der Waals surface area contributed by atoms with E-state index < -0.39 is 42.4 Å². The van der Waals surface area contributed by atoms with Crippen LogP contribution < -0.4 is 10.9 Å². The Morgan fingerprint density at radius 3 is 1.42 bits per heavy atom. The van der Waals surface area contributed by atoms with Crippen LogP contribution in [0.4, 0.5) is 34.1 Å². The average Bonchev–Trinajstić information content (AvgIpc) is 2.84. The standard InChI is InChI=1S/C19H13N9O8/c29-25(30)14-4-6-16(18(8-14)27(33)34)23-20-10-12-2-1-3-13(22-12)11-21-24-17-7-5-15(26(31)32)9-19(17)28(35)36/h1-11,23-24H. The molecular formula is C19H13N9O8. The molecule has 0 unspecified atom stereocenters. The number of anilines is 2. The highest BCUT2D eigenvalue weighted by Crippen LogP contribution is 2.29. The molecule has 0 atom stereocenters. The van der Waals surface area contributed by atoms with Gasteiger partial charge in [0.25, 0.3) is 11.4 Å². The summed E-state index contributed by atoms with van der Waals surface area (Å²) >= 11 is 0. The first-order valence-corrected chi connectivity index (χ1v) is 9.56. The summed E-state index contributed by atoms with van der Waals surface area (Å²) < 4.78 is 0. The van der Waals surface area contributed by atoms with E-state index in [4.69, 9.17) is 0 Å². The van der Waals surface area contributed by atoms with Crippen LogP contribution in [0.1, 0.15) is 11.4 Å². The van der Waals surface area contributed by atoms with E-state index in [1.165, 1.54) is 12.4 Å². The maximum absolute atomic E-state index is 11.2. The number of aromatic nitrogens is 1. The zero-order valence-electron chi connectivity index (χ0n) is 17.7. The van der Waals surface area contributed by atoms with Crippen LogP contribution in [-0.4, -0.2) is 37.1 Å². The van der Waals surface area contributed by atoms with Gasteiger partial charge in [0.15, 0.2) is 0 Å². The van der Waals surface area contributed by atoms with Crippen molar-refractivity contribution in [3.8, 4) is 0 Å². The lowest BCUT2D eigenvalue weighted by Crippen LogP contribution is -2.00. The van der Waals surface area contributed by atoms with Crippen molar-refractivity contribution in [2.75, 3.05) is 10.9 Å². The summed E-state index contributed by atoms with van der Waals surface area (Å²) in [6, 6.07) is 10.8. The van der Waals surface area contributed by atoms with E-state index in [1.807, 2.05) is 0 Å². The molecule has 0 fully saturated rings. The van der Waals surface area contributed by atoms with Gasteiger partial charge < -0.3 is 0 Å². The number of non-ortho nitro benzene ring substituents is 2. The third kappa shape index (κ3) is 6.13. The number of benzene rings is 2. The fourth-order valence-corrected chi connectivity index (χ4v) is 2.71. The van der Waals surface area contributed by atoms with Crippen LogP contribution in [0.5, 0.6) is 0 Å². The number of nitro benzene ring substituents is 4. The van der Waals surface area contributed by atoms with E-state index in [9.17, 15) is 40.5 Å². The molecule has 0 amide bonds. The van der Waals surface area contributed by atoms with Gasteiger partial charge in [-0.05, 0) is 24.3 Å². The molecule has 36 heavy (non-hydrogen) atoms. The fourth-order valence-electron chi connectivity index (χ4n) is 2.71. The Hall–Kier alpha value is -5.87. The molecule has 3 rings (SSSR count). The zero-order chi connectivity index (χ0) is 26.2. The average molecular weight is 495 g/mol. The molecule has 182 valence electrons.